The highest BCUT2D eigenvalue weighted by Crippen LogP contribution is 2.52. The van der Waals surface area contributed by atoms with Gasteiger partial charge in [-0.3, -0.25) is 0 Å². The van der Waals surface area contributed by atoms with Crippen molar-refractivity contribution in [2.24, 2.45) is 0 Å². The molecule has 0 aromatic heterocycles. The van der Waals surface area contributed by atoms with E-state index in [9.17, 15) is 0 Å². The van der Waals surface area contributed by atoms with Gasteiger partial charge in [-0.1, -0.05) is 0 Å². The molecule has 6 aliphatic rings. The summed E-state index contributed by atoms with van der Waals surface area (Å²) in [5.41, 5.74) is 2.91. The van der Waals surface area contributed by atoms with Gasteiger partial charge in [-0.15, -0.1) is 0 Å². The monoisotopic (exact) mass is 528 g/mol. The first-order valence-electron chi connectivity index (χ1n) is 10.1. The highest BCUT2D eigenvalue weighted by Gasteiger charge is 2.73. The van der Waals surface area contributed by atoms with Gasteiger partial charge in [-0.05, 0) is 52.4 Å². The second kappa shape index (κ2) is 5.66. The predicted octanol–water partition coefficient (Wildman–Crippen LogP) is 2.92. The molecule has 0 N–H and O–H groups in total. The Morgan fingerprint density at radius 1 is 0.286 bits per heavy atom. The van der Waals surface area contributed by atoms with Gasteiger partial charge in [-0.2, -0.15) is 0 Å². The van der Waals surface area contributed by atoms with Crippen LogP contribution < -0.4 is 0 Å². The van der Waals surface area contributed by atoms with E-state index in [0.717, 1.165) is 22.7 Å². The fourth-order valence-corrected chi connectivity index (χ4v) is 74.0. The van der Waals surface area contributed by atoms with Crippen molar-refractivity contribution in [1.29, 1.82) is 0 Å². The van der Waals surface area contributed by atoms with E-state index in [2.05, 4.69) is 52.4 Å². The van der Waals surface area contributed by atoms with Gasteiger partial charge < -0.3 is 32.9 Å². The highest BCUT2D eigenvalue weighted by molar-refractivity contribution is 7.12. The molecule has 0 unspecified atom stereocenters. The third kappa shape index (κ3) is 3.55. The molecule has 6 fully saturated rings. The van der Waals surface area contributed by atoms with Crippen molar-refractivity contribution < 1.29 is 32.9 Å². The van der Waals surface area contributed by atoms with Gasteiger partial charge in [0.05, 0.1) is 0 Å². The summed E-state index contributed by atoms with van der Waals surface area (Å²) in [5.74, 6) is 0. The summed E-state index contributed by atoms with van der Waals surface area (Å²) in [6.07, 6.45) is 0. The van der Waals surface area contributed by atoms with Crippen molar-refractivity contribution in [2.45, 2.75) is 75.0 Å². The second-order valence-electron chi connectivity index (χ2n) is 10.6. The van der Waals surface area contributed by atoms with Crippen LogP contribution in [0.3, 0.4) is 0 Å². The molecule has 28 heavy (non-hydrogen) atoms. The van der Waals surface area contributed by atoms with Crippen LogP contribution in [0.15, 0.2) is 0 Å². The summed E-state index contributed by atoms with van der Waals surface area (Å²) in [6.45, 7) is 17.4. The summed E-state index contributed by atoms with van der Waals surface area (Å²) >= 11 is 0. The molecule has 160 valence electrons. The number of hydrogen-bond acceptors (Lipinski definition) is 8. The first-order valence-corrected chi connectivity index (χ1v) is 30.3. The third-order valence-corrected chi connectivity index (χ3v) is 54.2. The summed E-state index contributed by atoms with van der Waals surface area (Å²) in [7, 11) is -20.7. The number of hydrogen-bond donors (Lipinski definition) is 0. The molecule has 6 rings (SSSR count). The van der Waals surface area contributed by atoms with Crippen LogP contribution in [-0.2, 0) is 32.9 Å². The Hall–Kier alpha value is 1.42. The van der Waals surface area contributed by atoms with E-state index < -0.39 is 68.5 Å². The molecule has 0 aromatic rings. The van der Waals surface area contributed by atoms with Gasteiger partial charge in [0.25, 0.3) is 0 Å². The number of rotatable bonds is 0. The SMILES string of the molecule is C[Si]12C[Si]3(C)O[Si]4(C)C[Si](C)(O1)O[Si]1(C)C[Si](C)(O4)O[Si](C)(C[Si](C)(O2)O1)O3. The van der Waals surface area contributed by atoms with Gasteiger partial charge in [0.15, 0.2) is 0 Å². The van der Waals surface area contributed by atoms with E-state index >= 15 is 0 Å². The van der Waals surface area contributed by atoms with Crippen LogP contribution in [0.4, 0.5) is 0 Å². The second-order valence-corrected chi connectivity index (χ2v) is 40.9. The van der Waals surface area contributed by atoms with Crippen LogP contribution in [0, 0.1) is 0 Å². The molecule has 16 heteroatoms. The molecule has 0 amide bonds. The fourth-order valence-electron chi connectivity index (χ4n) is 6.73. The predicted molar refractivity (Wildman–Crippen MR) is 121 cm³/mol. The van der Waals surface area contributed by atoms with E-state index in [1.165, 1.54) is 0 Å². The maximum Gasteiger partial charge on any atom is 0.319 e. The van der Waals surface area contributed by atoms with Gasteiger partial charge in [0.2, 0.25) is 0 Å². The quantitative estimate of drug-likeness (QED) is 0.444. The summed E-state index contributed by atoms with van der Waals surface area (Å²) in [6, 6.07) is 0. The molecular weight excluding hydrogens is 497 g/mol. The van der Waals surface area contributed by atoms with Gasteiger partial charge in [0, 0.05) is 22.7 Å². The summed E-state index contributed by atoms with van der Waals surface area (Å²) in [5, 5.41) is 0. The maximum absolute atomic E-state index is 7.00. The molecular formula is C12H32O8Si8. The van der Waals surface area contributed by atoms with Gasteiger partial charge in [0.1, 0.15) is 0 Å². The molecule has 0 radical (unpaired) electrons. The normalized spacial score (nSPS) is 66.0. The standard InChI is InChI=1S/C12H32O8Si8/c1-21-9-22(2)15-25(5)10-23(3,13-21)17-27(7)12-28(8,19-25)20-26(6,16-22)11-24(4,14-21)18-27/h9-12H2,1-8H3. The van der Waals surface area contributed by atoms with Crippen molar-refractivity contribution in [3.05, 3.63) is 0 Å². The molecule has 0 aromatic carbocycles. The molecule has 8 nitrogen and oxygen atoms in total. The van der Waals surface area contributed by atoms with Crippen molar-refractivity contribution in [2.75, 3.05) is 0 Å². The average Bonchev–Trinajstić information content (AvgIpc) is 2.22. The molecule has 0 atom stereocenters. The Balaban J connectivity index is 1.79. The van der Waals surface area contributed by atoms with E-state index in [-0.39, 0.29) is 0 Å². The molecule has 6 heterocycles. The largest absolute Gasteiger partial charge is 0.416 e. The lowest BCUT2D eigenvalue weighted by atomic mass is 11.8. The van der Waals surface area contributed by atoms with Crippen molar-refractivity contribution in [3.63, 3.8) is 0 Å². The average molecular weight is 529 g/mol. The van der Waals surface area contributed by atoms with Crippen LogP contribution in [0.2, 0.25) is 75.0 Å². The minimum atomic E-state index is -2.59. The summed E-state index contributed by atoms with van der Waals surface area (Å²) in [4.78, 5) is 0. The zero-order valence-corrected chi connectivity index (χ0v) is 26.1. The molecule has 0 spiro atoms. The van der Waals surface area contributed by atoms with Crippen LogP contribution >= 0.6 is 0 Å². The van der Waals surface area contributed by atoms with Crippen molar-refractivity contribution in [1.82, 2.24) is 0 Å². The molecule has 8 bridgehead atoms. The zero-order chi connectivity index (χ0) is 20.5. The Morgan fingerprint density at radius 2 is 0.393 bits per heavy atom. The van der Waals surface area contributed by atoms with Gasteiger partial charge >= 0.3 is 68.5 Å². The molecule has 6 aliphatic heterocycles. The Kier molecular flexibility index (Phi) is 4.30. The Labute approximate surface area is 176 Å². The van der Waals surface area contributed by atoms with Crippen LogP contribution in [-0.4, -0.2) is 68.5 Å². The first-order chi connectivity index (χ1) is 12.5. The topological polar surface area (TPSA) is 73.8 Å². The van der Waals surface area contributed by atoms with Gasteiger partial charge in [-0.25, -0.2) is 0 Å². The maximum atomic E-state index is 7.00. The zero-order valence-electron chi connectivity index (χ0n) is 18.1. The first kappa shape index (κ1) is 21.3. The Morgan fingerprint density at radius 3 is 0.500 bits per heavy atom. The van der Waals surface area contributed by atoms with E-state index in [1.54, 1.807) is 0 Å². The fraction of sp³-hybridized carbons (Fsp3) is 1.00. The van der Waals surface area contributed by atoms with E-state index in [1.807, 2.05) is 0 Å². The van der Waals surface area contributed by atoms with Crippen molar-refractivity contribution in [3.8, 4) is 0 Å². The van der Waals surface area contributed by atoms with E-state index in [0.29, 0.717) is 0 Å². The van der Waals surface area contributed by atoms with E-state index in [4.69, 9.17) is 32.9 Å². The molecule has 0 aliphatic carbocycles. The van der Waals surface area contributed by atoms with Crippen LogP contribution in [0.5, 0.6) is 0 Å². The highest BCUT2D eigenvalue weighted by atomic mass is 28.6. The lowest BCUT2D eigenvalue weighted by molar-refractivity contribution is 0.180. The Bertz CT molecular complexity index is 489. The molecule has 0 saturated carbocycles. The third-order valence-electron chi connectivity index (χ3n) is 6.02. The lowest BCUT2D eigenvalue weighted by Gasteiger charge is -2.62. The lowest BCUT2D eigenvalue weighted by Crippen LogP contribution is -2.82. The minimum absolute atomic E-state index is 0.729. The van der Waals surface area contributed by atoms with Crippen LogP contribution in [0.25, 0.3) is 0 Å². The van der Waals surface area contributed by atoms with Crippen molar-refractivity contribution >= 4 is 68.5 Å². The smallest absolute Gasteiger partial charge is 0.319 e. The molecule has 6 saturated heterocycles. The minimum Gasteiger partial charge on any atom is -0.416 e. The summed E-state index contributed by atoms with van der Waals surface area (Å²) < 4.78 is 56.0. The van der Waals surface area contributed by atoms with Crippen LogP contribution in [0.1, 0.15) is 0 Å².